The van der Waals surface area contributed by atoms with Gasteiger partial charge < -0.3 is 19.7 Å². The number of fused-ring (bicyclic) bond motifs is 5. The van der Waals surface area contributed by atoms with Crippen LogP contribution in [-0.4, -0.2) is 63.3 Å². The van der Waals surface area contributed by atoms with Crippen molar-refractivity contribution in [3.8, 4) is 0 Å². The molecule has 3 saturated carbocycles. The number of hydrogen-bond donors (Lipinski definition) is 3. The molecule has 4 rings (SSSR count). The molecule has 4 aliphatic carbocycles. The summed E-state index contributed by atoms with van der Waals surface area (Å²) in [6.45, 7) is 6.85. The van der Waals surface area contributed by atoms with Gasteiger partial charge in [0.15, 0.2) is 11.6 Å². The first-order valence-electron chi connectivity index (χ1n) is 15.7. The Hall–Kier alpha value is -2.14. The van der Waals surface area contributed by atoms with Gasteiger partial charge >= 0.3 is 18.1 Å². The molecule has 0 spiro atoms. The third kappa shape index (κ3) is 5.97. The number of aliphatic hydroxyl groups excluding tert-OH is 1. The Morgan fingerprint density at radius 1 is 1.00 bits per heavy atom. The Balaban J connectivity index is 1.51. The summed E-state index contributed by atoms with van der Waals surface area (Å²) in [4.78, 5) is 50.4. The molecule has 7 atom stereocenters. The summed E-state index contributed by atoms with van der Waals surface area (Å²) in [5.74, 6) is -2.38. The number of aliphatic hydroxyl groups is 3. The molecule has 10 heteroatoms. The van der Waals surface area contributed by atoms with Crippen LogP contribution in [0.4, 0.5) is 0 Å². The van der Waals surface area contributed by atoms with Crippen molar-refractivity contribution in [2.75, 3.05) is 6.61 Å². The first-order valence-corrected chi connectivity index (χ1v) is 15.7. The summed E-state index contributed by atoms with van der Waals surface area (Å²) in [5, 5.41) is 34.4. The van der Waals surface area contributed by atoms with Crippen LogP contribution < -0.4 is 0 Å². The van der Waals surface area contributed by atoms with E-state index in [0.29, 0.717) is 44.9 Å². The van der Waals surface area contributed by atoms with Crippen molar-refractivity contribution in [1.82, 2.24) is 0 Å². The van der Waals surface area contributed by atoms with E-state index in [1.165, 1.54) is 0 Å². The number of carbonyl (C=O) groups excluding carboxylic acids is 4. The lowest BCUT2D eigenvalue weighted by Crippen LogP contribution is -2.62. The summed E-state index contributed by atoms with van der Waals surface area (Å²) in [5.41, 5.74) is -2.04. The average Bonchev–Trinajstić information content (AvgIpc) is 3.20. The molecule has 0 unspecified atom stereocenters. The highest BCUT2D eigenvalue weighted by atomic mass is 17.0. The van der Waals surface area contributed by atoms with Gasteiger partial charge in [-0.2, -0.15) is 0 Å². The first kappa shape index (κ1) is 32.8. The molecule has 42 heavy (non-hydrogen) atoms. The van der Waals surface area contributed by atoms with Crippen molar-refractivity contribution >= 4 is 23.5 Å². The molecule has 10 nitrogen and oxygen atoms in total. The normalized spacial score (nSPS) is 35.9. The number of ketones is 2. The zero-order valence-corrected chi connectivity index (χ0v) is 25.5. The van der Waals surface area contributed by atoms with E-state index in [1.807, 2.05) is 20.8 Å². The van der Waals surface area contributed by atoms with Gasteiger partial charge in [0.1, 0.15) is 12.2 Å². The predicted octanol–water partition coefficient (Wildman–Crippen LogP) is 3.88. The summed E-state index contributed by atoms with van der Waals surface area (Å²) >= 11 is 0. The minimum Gasteiger partial charge on any atom is -0.393 e. The molecular formula is C32H48O10. The Labute approximate surface area is 248 Å². The lowest BCUT2D eigenvalue weighted by Gasteiger charge is -2.60. The van der Waals surface area contributed by atoms with Crippen LogP contribution in [0.25, 0.3) is 0 Å². The van der Waals surface area contributed by atoms with Crippen LogP contribution in [0.3, 0.4) is 0 Å². The maximum absolute atomic E-state index is 13.7. The van der Waals surface area contributed by atoms with E-state index in [2.05, 4.69) is 6.92 Å². The Morgan fingerprint density at radius 3 is 2.21 bits per heavy atom. The van der Waals surface area contributed by atoms with E-state index >= 15 is 0 Å². The molecule has 236 valence electrons. The van der Waals surface area contributed by atoms with Gasteiger partial charge in [-0.05, 0) is 80.6 Å². The monoisotopic (exact) mass is 592 g/mol. The molecule has 0 amide bonds. The van der Waals surface area contributed by atoms with Crippen LogP contribution in [0, 0.1) is 28.6 Å². The van der Waals surface area contributed by atoms with Crippen molar-refractivity contribution in [3.63, 3.8) is 0 Å². The first-order chi connectivity index (χ1) is 19.7. The summed E-state index contributed by atoms with van der Waals surface area (Å²) in [6, 6.07) is 0. The largest absolute Gasteiger partial charge is 0.512 e. The third-order valence-electron chi connectivity index (χ3n) is 10.8. The lowest BCUT2D eigenvalue weighted by molar-refractivity contribution is -0.448. The van der Waals surface area contributed by atoms with Crippen LogP contribution >= 0.6 is 0 Å². The fraction of sp³-hybridized carbons (Fsp3) is 0.812. The zero-order chi connectivity index (χ0) is 30.9. The Kier molecular flexibility index (Phi) is 9.72. The molecule has 0 aromatic rings. The van der Waals surface area contributed by atoms with E-state index in [9.17, 15) is 34.5 Å². The van der Waals surface area contributed by atoms with Gasteiger partial charge in [0.05, 0.1) is 6.10 Å². The standard InChI is InChI=1S/C32H48O10/c1-5-7-9-26(36)41-32(39,42-27(37)10-8-6-2)40-19-25(35)31(38)16-14-23-22-12-11-20-17-21(33)13-15-29(20,3)28(22)24(34)18-30(23,31)4/h17,22-24,28,34,38-39H,5-16,18-19H2,1-4H3/t22-,23-,24-,28+,29-,30-,31-/m0/s1. The predicted molar refractivity (Wildman–Crippen MR) is 150 cm³/mol. The van der Waals surface area contributed by atoms with Crippen LogP contribution in [0.1, 0.15) is 111 Å². The van der Waals surface area contributed by atoms with E-state index in [-0.39, 0.29) is 54.6 Å². The zero-order valence-electron chi connectivity index (χ0n) is 25.5. The smallest absolute Gasteiger partial charge is 0.393 e. The number of allylic oxidation sites excluding steroid dienone is 1. The molecule has 0 aromatic heterocycles. The molecule has 3 N–H and O–H groups in total. The van der Waals surface area contributed by atoms with Gasteiger partial charge in [0.25, 0.3) is 0 Å². The molecule has 0 radical (unpaired) electrons. The van der Waals surface area contributed by atoms with Crippen LogP contribution in [0.2, 0.25) is 0 Å². The number of unbranched alkanes of at least 4 members (excludes halogenated alkanes) is 2. The van der Waals surface area contributed by atoms with Crippen molar-refractivity contribution in [1.29, 1.82) is 0 Å². The van der Waals surface area contributed by atoms with Crippen molar-refractivity contribution in [2.45, 2.75) is 129 Å². The number of ether oxygens (including phenoxy) is 3. The van der Waals surface area contributed by atoms with Gasteiger partial charge in [-0.25, -0.2) is 0 Å². The topological polar surface area (TPSA) is 157 Å². The third-order valence-corrected chi connectivity index (χ3v) is 10.8. The fourth-order valence-corrected chi connectivity index (χ4v) is 8.54. The maximum Gasteiger partial charge on any atom is 0.512 e. The SMILES string of the molecule is CCCCC(=O)OC(O)(OCC(=O)[C@@]1(O)CC[C@H]2[C@@H]3CCC4=CC(=O)CC[C@]4(C)[C@H]3[C@@H](O)C[C@@]21C)OC(=O)CCCC. The quantitative estimate of drug-likeness (QED) is 0.224. The second-order valence-electron chi connectivity index (χ2n) is 13.4. The number of hydrogen-bond acceptors (Lipinski definition) is 10. The second kappa shape index (κ2) is 12.5. The van der Waals surface area contributed by atoms with Crippen molar-refractivity contribution < 1.29 is 48.7 Å². The molecule has 3 fully saturated rings. The molecule has 0 aromatic carbocycles. The Morgan fingerprint density at radius 2 is 1.62 bits per heavy atom. The molecule has 0 aliphatic heterocycles. The highest BCUT2D eigenvalue weighted by Gasteiger charge is 2.68. The van der Waals surface area contributed by atoms with E-state index in [4.69, 9.17) is 14.2 Å². The Bertz CT molecular complexity index is 1080. The van der Waals surface area contributed by atoms with E-state index in [1.54, 1.807) is 6.08 Å². The summed E-state index contributed by atoms with van der Waals surface area (Å²) in [6.07, 6.45) is 3.69. The van der Waals surface area contributed by atoms with Gasteiger partial charge in [-0.3, -0.25) is 29.0 Å². The highest BCUT2D eigenvalue weighted by molar-refractivity contribution is 5.92. The molecular weight excluding hydrogens is 544 g/mol. The lowest BCUT2D eigenvalue weighted by atomic mass is 9.45. The van der Waals surface area contributed by atoms with E-state index in [0.717, 1.165) is 18.4 Å². The van der Waals surface area contributed by atoms with Gasteiger partial charge in [0.2, 0.25) is 0 Å². The van der Waals surface area contributed by atoms with Crippen molar-refractivity contribution in [3.05, 3.63) is 11.6 Å². The van der Waals surface area contributed by atoms with Gasteiger partial charge in [-0.15, -0.1) is 0 Å². The molecule has 0 bridgehead atoms. The average molecular weight is 593 g/mol. The number of rotatable bonds is 12. The number of Topliss-reactive ketones (excluding diaryl/α,β-unsaturated/α-hetero) is 1. The molecule has 0 heterocycles. The highest BCUT2D eigenvalue weighted by Crippen LogP contribution is 2.67. The molecule has 4 aliphatic rings. The fourth-order valence-electron chi connectivity index (χ4n) is 8.54. The van der Waals surface area contributed by atoms with E-state index < -0.39 is 47.6 Å². The van der Waals surface area contributed by atoms with Crippen LogP contribution in [0.15, 0.2) is 11.6 Å². The van der Waals surface area contributed by atoms with Crippen LogP contribution in [-0.2, 0) is 33.4 Å². The van der Waals surface area contributed by atoms with Crippen molar-refractivity contribution in [2.24, 2.45) is 28.6 Å². The summed E-state index contributed by atoms with van der Waals surface area (Å²) < 4.78 is 15.2. The van der Waals surface area contributed by atoms with Crippen LogP contribution in [0.5, 0.6) is 0 Å². The summed E-state index contributed by atoms with van der Waals surface area (Å²) in [7, 11) is 0. The maximum atomic E-state index is 13.7. The van der Waals surface area contributed by atoms with Gasteiger partial charge in [0, 0.05) is 24.7 Å². The number of carbonyl (C=O) groups is 4. The molecule has 0 saturated heterocycles. The minimum absolute atomic E-state index is 0.0449. The minimum atomic E-state index is -3.10. The second-order valence-corrected chi connectivity index (χ2v) is 13.4. The number of esters is 2. The van der Waals surface area contributed by atoms with Gasteiger partial charge in [-0.1, -0.05) is 46.1 Å².